The van der Waals surface area contributed by atoms with Gasteiger partial charge in [-0.05, 0) is 49.6 Å². The van der Waals surface area contributed by atoms with E-state index in [9.17, 15) is 18.0 Å². The summed E-state index contributed by atoms with van der Waals surface area (Å²) in [7, 11) is 0. The summed E-state index contributed by atoms with van der Waals surface area (Å²) in [5, 5.41) is 3.89. The number of piperidine rings is 1. The predicted molar refractivity (Wildman–Crippen MR) is 93.7 cm³/mol. The number of aromatic nitrogens is 2. The number of likely N-dealkylation sites (tertiary alicyclic amines) is 1. The second kappa shape index (κ2) is 7.46. The second-order valence-corrected chi connectivity index (χ2v) is 6.61. The zero-order valence-corrected chi connectivity index (χ0v) is 14.7. The average Bonchev–Trinajstić information content (AvgIpc) is 3.20. The SMILES string of the molecule is O=C(c1ccc(F)c(F)c1)N1CCCC[C@@H]1c1nc(-c2cccc(F)c2)no1. The zero-order valence-electron chi connectivity index (χ0n) is 14.7. The Morgan fingerprint density at radius 2 is 1.93 bits per heavy atom. The van der Waals surface area contributed by atoms with Crippen molar-refractivity contribution in [2.75, 3.05) is 6.54 Å². The van der Waals surface area contributed by atoms with Gasteiger partial charge in [0.2, 0.25) is 11.7 Å². The summed E-state index contributed by atoms with van der Waals surface area (Å²) in [6.07, 6.45) is 2.22. The Morgan fingerprint density at radius 3 is 2.71 bits per heavy atom. The topological polar surface area (TPSA) is 59.2 Å². The Kier molecular flexibility index (Phi) is 4.85. The molecule has 28 heavy (non-hydrogen) atoms. The smallest absolute Gasteiger partial charge is 0.254 e. The number of amides is 1. The lowest BCUT2D eigenvalue weighted by Crippen LogP contribution is -2.38. The van der Waals surface area contributed by atoms with Crippen molar-refractivity contribution in [1.29, 1.82) is 0 Å². The predicted octanol–water partition coefficient (Wildman–Crippen LogP) is 4.52. The molecule has 0 aliphatic carbocycles. The summed E-state index contributed by atoms with van der Waals surface area (Å²) in [4.78, 5) is 18.7. The van der Waals surface area contributed by atoms with Crippen LogP contribution >= 0.6 is 0 Å². The van der Waals surface area contributed by atoms with Crippen LogP contribution in [0.15, 0.2) is 47.0 Å². The zero-order chi connectivity index (χ0) is 19.7. The maximum Gasteiger partial charge on any atom is 0.254 e. The molecule has 0 radical (unpaired) electrons. The molecule has 1 aliphatic rings. The highest BCUT2D eigenvalue weighted by atomic mass is 19.2. The minimum atomic E-state index is -1.08. The molecule has 5 nitrogen and oxygen atoms in total. The largest absolute Gasteiger partial charge is 0.337 e. The van der Waals surface area contributed by atoms with Crippen LogP contribution in [0.4, 0.5) is 13.2 Å². The molecule has 144 valence electrons. The quantitative estimate of drug-likeness (QED) is 0.663. The van der Waals surface area contributed by atoms with Crippen molar-refractivity contribution in [3.8, 4) is 11.4 Å². The lowest BCUT2D eigenvalue weighted by molar-refractivity contribution is 0.0561. The van der Waals surface area contributed by atoms with Crippen molar-refractivity contribution in [2.45, 2.75) is 25.3 Å². The van der Waals surface area contributed by atoms with Gasteiger partial charge in [0, 0.05) is 17.7 Å². The van der Waals surface area contributed by atoms with Gasteiger partial charge in [-0.15, -0.1) is 0 Å². The number of carbonyl (C=O) groups excluding carboxylic acids is 1. The average molecular weight is 387 g/mol. The number of hydrogen-bond acceptors (Lipinski definition) is 4. The number of hydrogen-bond donors (Lipinski definition) is 0. The van der Waals surface area contributed by atoms with Crippen molar-refractivity contribution in [3.05, 3.63) is 71.4 Å². The highest BCUT2D eigenvalue weighted by Crippen LogP contribution is 2.32. The van der Waals surface area contributed by atoms with E-state index in [0.717, 1.165) is 25.0 Å². The van der Waals surface area contributed by atoms with E-state index in [1.165, 1.54) is 23.1 Å². The van der Waals surface area contributed by atoms with Crippen molar-refractivity contribution in [2.24, 2.45) is 0 Å². The van der Waals surface area contributed by atoms with Crippen LogP contribution in [0.25, 0.3) is 11.4 Å². The van der Waals surface area contributed by atoms with E-state index in [1.54, 1.807) is 12.1 Å². The molecule has 1 aliphatic heterocycles. The molecule has 0 unspecified atom stereocenters. The third-order valence-corrected chi connectivity index (χ3v) is 4.74. The minimum Gasteiger partial charge on any atom is -0.337 e. The summed E-state index contributed by atoms with van der Waals surface area (Å²) in [6.45, 7) is 0.431. The van der Waals surface area contributed by atoms with Gasteiger partial charge >= 0.3 is 0 Å². The van der Waals surface area contributed by atoms with Crippen LogP contribution in [-0.4, -0.2) is 27.5 Å². The van der Waals surface area contributed by atoms with E-state index >= 15 is 0 Å². The van der Waals surface area contributed by atoms with Crippen molar-refractivity contribution >= 4 is 5.91 Å². The number of nitrogens with zero attached hydrogens (tertiary/aromatic N) is 3. The Morgan fingerprint density at radius 1 is 1.07 bits per heavy atom. The van der Waals surface area contributed by atoms with E-state index in [1.807, 2.05) is 0 Å². The third kappa shape index (κ3) is 3.49. The Balaban J connectivity index is 1.62. The van der Waals surface area contributed by atoms with E-state index in [-0.39, 0.29) is 17.3 Å². The highest BCUT2D eigenvalue weighted by Gasteiger charge is 2.33. The summed E-state index contributed by atoms with van der Waals surface area (Å²) < 4.78 is 45.5. The van der Waals surface area contributed by atoms with Crippen LogP contribution in [0.1, 0.15) is 41.6 Å². The number of rotatable bonds is 3. The molecule has 0 bridgehead atoms. The molecule has 4 rings (SSSR count). The molecule has 1 aromatic heterocycles. The van der Waals surface area contributed by atoms with Crippen LogP contribution in [0.5, 0.6) is 0 Å². The highest BCUT2D eigenvalue weighted by molar-refractivity contribution is 5.94. The molecule has 8 heteroatoms. The maximum absolute atomic E-state index is 13.5. The summed E-state index contributed by atoms with van der Waals surface area (Å²) in [6, 6.07) is 8.38. The number of carbonyl (C=O) groups is 1. The van der Waals surface area contributed by atoms with Gasteiger partial charge in [0.05, 0.1) is 0 Å². The van der Waals surface area contributed by atoms with E-state index in [0.29, 0.717) is 18.5 Å². The first-order valence-corrected chi connectivity index (χ1v) is 8.88. The van der Waals surface area contributed by atoms with Gasteiger partial charge in [-0.25, -0.2) is 13.2 Å². The molecule has 2 aromatic carbocycles. The van der Waals surface area contributed by atoms with Gasteiger partial charge in [0.25, 0.3) is 5.91 Å². The van der Waals surface area contributed by atoms with Gasteiger partial charge in [0.15, 0.2) is 11.6 Å². The molecule has 1 atom stereocenters. The van der Waals surface area contributed by atoms with Gasteiger partial charge in [0.1, 0.15) is 11.9 Å². The van der Waals surface area contributed by atoms with Crippen LogP contribution in [-0.2, 0) is 0 Å². The summed E-state index contributed by atoms with van der Waals surface area (Å²) >= 11 is 0. The molecule has 1 saturated heterocycles. The van der Waals surface area contributed by atoms with E-state index in [4.69, 9.17) is 4.52 Å². The summed E-state index contributed by atoms with van der Waals surface area (Å²) in [5.41, 5.74) is 0.514. The molecular formula is C20H16F3N3O2. The Bertz CT molecular complexity index is 1020. The van der Waals surface area contributed by atoms with Crippen molar-refractivity contribution in [1.82, 2.24) is 15.0 Å². The molecule has 0 N–H and O–H groups in total. The van der Waals surface area contributed by atoms with Crippen molar-refractivity contribution in [3.63, 3.8) is 0 Å². The maximum atomic E-state index is 13.5. The van der Waals surface area contributed by atoms with E-state index < -0.39 is 29.4 Å². The monoisotopic (exact) mass is 387 g/mol. The van der Waals surface area contributed by atoms with Crippen LogP contribution < -0.4 is 0 Å². The first-order valence-electron chi connectivity index (χ1n) is 8.88. The fourth-order valence-corrected chi connectivity index (χ4v) is 3.34. The molecular weight excluding hydrogens is 371 g/mol. The molecule has 0 saturated carbocycles. The van der Waals surface area contributed by atoms with Crippen molar-refractivity contribution < 1.29 is 22.5 Å². The fourth-order valence-electron chi connectivity index (χ4n) is 3.34. The fraction of sp³-hybridized carbons (Fsp3) is 0.250. The second-order valence-electron chi connectivity index (χ2n) is 6.61. The lowest BCUT2D eigenvalue weighted by atomic mass is 10.0. The van der Waals surface area contributed by atoms with Gasteiger partial charge in [-0.2, -0.15) is 4.98 Å². The van der Waals surface area contributed by atoms with Crippen LogP contribution in [0.3, 0.4) is 0 Å². The normalized spacial score (nSPS) is 17.0. The van der Waals surface area contributed by atoms with Crippen LogP contribution in [0.2, 0.25) is 0 Å². The molecule has 1 amide bonds. The third-order valence-electron chi connectivity index (χ3n) is 4.74. The summed E-state index contributed by atoms with van der Waals surface area (Å²) in [5.74, 6) is -2.49. The Labute approximate surface area is 158 Å². The number of halogens is 3. The molecule has 3 aromatic rings. The molecule has 1 fully saturated rings. The van der Waals surface area contributed by atoms with Gasteiger partial charge < -0.3 is 9.42 Å². The minimum absolute atomic E-state index is 0.0515. The first kappa shape index (κ1) is 18.2. The van der Waals surface area contributed by atoms with Gasteiger partial charge in [-0.3, -0.25) is 4.79 Å². The Hall–Kier alpha value is -3.16. The number of benzene rings is 2. The lowest BCUT2D eigenvalue weighted by Gasteiger charge is -2.33. The first-order chi connectivity index (χ1) is 13.5. The molecule has 0 spiro atoms. The van der Waals surface area contributed by atoms with Gasteiger partial charge in [-0.1, -0.05) is 17.3 Å². The van der Waals surface area contributed by atoms with E-state index in [2.05, 4.69) is 10.1 Å². The molecule has 2 heterocycles. The standard InChI is InChI=1S/C20H16F3N3O2/c21-14-5-3-4-12(10-14)18-24-19(28-25-18)17-6-1-2-9-26(17)20(27)13-7-8-15(22)16(23)11-13/h3-5,7-8,10-11,17H,1-2,6,9H2/t17-/m1/s1. The van der Waals surface area contributed by atoms with Crippen LogP contribution in [0, 0.1) is 17.5 Å².